The molecule has 4 aliphatic rings. The van der Waals surface area contributed by atoms with Crippen LogP contribution in [0.1, 0.15) is 38.5 Å². The smallest absolute Gasteiger partial charge is 0.350 e. The summed E-state index contributed by atoms with van der Waals surface area (Å²) in [6.45, 7) is -9.37. The van der Waals surface area contributed by atoms with Gasteiger partial charge in [0.25, 0.3) is 0 Å². The van der Waals surface area contributed by atoms with E-state index < -0.39 is 291 Å². The highest BCUT2D eigenvalue weighted by Gasteiger charge is 2.63. The average molecular weight is 1960 g/mol. The van der Waals surface area contributed by atoms with Crippen LogP contribution in [0.4, 0.5) is 0 Å². The summed E-state index contributed by atoms with van der Waals surface area (Å²) >= 11 is 0. The Hall–Kier alpha value is -3.65. The molecule has 2 aromatic rings. The highest BCUT2D eigenvalue weighted by Crippen LogP contribution is 2.42. The summed E-state index contributed by atoms with van der Waals surface area (Å²) in [5.74, 6) is 0. The third kappa shape index (κ3) is 36.4. The summed E-state index contributed by atoms with van der Waals surface area (Å²) in [6, 6.07) is 8.82. The normalized spacial score (nSPS) is 29.6. The van der Waals surface area contributed by atoms with Crippen LogP contribution in [0.2, 0.25) is 0 Å². The van der Waals surface area contributed by atoms with Gasteiger partial charge in [0, 0.05) is 18.7 Å². The van der Waals surface area contributed by atoms with Crippen LogP contribution >= 0.6 is 0 Å². The third-order valence-corrected chi connectivity index (χ3v) is 20.5. The van der Waals surface area contributed by atoms with Crippen molar-refractivity contribution in [3.63, 3.8) is 0 Å². The number of ether oxygens (including phenoxy) is 8. The molecule has 20 atom stereocenters. The molecule has 0 spiro atoms. The maximum absolute atomic E-state index is 13.2. The fourth-order valence-electron chi connectivity index (χ4n) is 10.7. The van der Waals surface area contributed by atoms with Crippen LogP contribution in [0.5, 0.6) is 0 Å². The van der Waals surface area contributed by atoms with Crippen LogP contribution in [0, 0.1) is 0 Å². The van der Waals surface area contributed by atoms with Crippen molar-refractivity contribution in [2.75, 3.05) is 33.0 Å². The first kappa shape index (κ1) is 101. The minimum atomic E-state index is -6.87. The molecule has 63 nitrogen and oxygen atoms in total. The van der Waals surface area contributed by atoms with E-state index in [2.05, 4.69) is 64.7 Å². The quantitative estimate of drug-likeness (QED) is 0.0216. The largest absolute Gasteiger partial charge is 0.397 e. The Morgan fingerprint density at radius 3 is 0.871 bits per heavy atom. The molecule has 4 aliphatic heterocycles. The SMILES string of the molecule is O=S(=O)(O)OC[C@H]1O[C@H](OCCCCCCCCn2cc(-c3ccccc3)nn2)[C@@H](O[C@H]2O[C@H](COS(=O)(=O)O)[C@@H](OS(=O)(=O)O)[C@H](O[C@H]3O[C@H](COS(=O)(=O)O)[C@@H](OS(=O)(=O)O)[C@H](O[C@H]4O[C@H](COS(=O)(=O)O)[C@@H](OS(=O)(=O)O)[C@H](OS(=O)(=O)O)[C@@H]4OS(=O)(=O)O)[C@@H]3OS(=O)(=O)O)[C@@H]2OS(=O)(=O)O)[C@@H](OS(=O)(=O)O)[C@@H]1OS(=O)(=O)O. The van der Waals surface area contributed by atoms with Gasteiger partial charge in [-0.3, -0.25) is 63.9 Å². The molecule has 6 rings (SSSR count). The van der Waals surface area contributed by atoms with Crippen molar-refractivity contribution in [2.24, 2.45) is 0 Å². The number of aryl methyl sites for hydroxylation is 1. The molecule has 676 valence electrons. The molecule has 4 fully saturated rings. The monoisotopic (exact) mass is 1960 g/mol. The number of benzene rings is 1. The Bertz CT molecular complexity index is 5240. The van der Waals surface area contributed by atoms with Crippen LogP contribution < -0.4 is 0 Å². The molecule has 1 aromatic carbocycles. The lowest BCUT2D eigenvalue weighted by Crippen LogP contribution is -2.70. The van der Waals surface area contributed by atoms with Gasteiger partial charge in [-0.1, -0.05) is 61.2 Å². The molecule has 0 amide bonds. The molecule has 0 unspecified atom stereocenters. The van der Waals surface area contributed by atoms with Gasteiger partial charge in [-0.15, -0.1) is 5.10 Å². The van der Waals surface area contributed by atoms with Gasteiger partial charge in [0.1, 0.15) is 85.0 Å². The fourth-order valence-corrected chi connectivity index (χ4v) is 16.5. The van der Waals surface area contributed by atoms with Crippen LogP contribution in [0.3, 0.4) is 0 Å². The number of hydrogen-bond acceptors (Lipinski definition) is 49. The molecule has 0 radical (unpaired) electrons. The molecule has 0 aliphatic carbocycles. The van der Waals surface area contributed by atoms with Crippen molar-refractivity contribution in [3.05, 3.63) is 36.5 Å². The molecular weight excluding hydrogens is 1900 g/mol. The van der Waals surface area contributed by atoms with E-state index in [1.807, 2.05) is 0 Å². The lowest BCUT2D eigenvalue weighted by molar-refractivity contribution is -0.383. The Morgan fingerprint density at radius 2 is 0.552 bits per heavy atom. The van der Waals surface area contributed by atoms with Crippen molar-refractivity contribution in [3.8, 4) is 11.3 Å². The predicted octanol–water partition coefficient (Wildman–Crippen LogP) is -7.67. The molecule has 116 heavy (non-hydrogen) atoms. The molecule has 5 heterocycles. The highest BCUT2D eigenvalue weighted by atomic mass is 32.3. The lowest BCUT2D eigenvalue weighted by atomic mass is 9.95. The highest BCUT2D eigenvalue weighted by molar-refractivity contribution is 7.83. The Balaban J connectivity index is 1.61. The first-order valence-corrected chi connectivity index (χ1v) is 47.8. The van der Waals surface area contributed by atoms with E-state index in [0.29, 0.717) is 31.5 Å². The molecule has 0 saturated carbocycles. The van der Waals surface area contributed by atoms with Gasteiger partial charge in [-0.05, 0) is 12.8 Å². The van der Waals surface area contributed by atoms with E-state index in [1.165, 1.54) is 4.68 Å². The Morgan fingerprint density at radius 1 is 0.293 bits per heavy atom. The van der Waals surface area contributed by atoms with E-state index in [4.69, 9.17) is 37.9 Å². The second-order valence-corrected chi connectivity index (χ2v) is 36.7. The van der Waals surface area contributed by atoms with Gasteiger partial charge < -0.3 is 37.9 Å². The summed E-state index contributed by atoms with van der Waals surface area (Å²) in [5, 5.41) is 8.16. The van der Waals surface area contributed by atoms with E-state index in [0.717, 1.165) is 5.56 Å². The Labute approximate surface area is 655 Å². The van der Waals surface area contributed by atoms with Gasteiger partial charge in [-0.25, -0.2) is 54.4 Å². The molecule has 0 bridgehead atoms. The second-order valence-electron chi connectivity index (χ2n) is 22.9. The van der Waals surface area contributed by atoms with E-state index in [9.17, 15) is 169 Å². The van der Waals surface area contributed by atoms with E-state index in [1.54, 1.807) is 36.5 Å². The molecule has 4 saturated heterocycles. The van der Waals surface area contributed by atoms with Crippen molar-refractivity contribution < 1.29 is 261 Å². The van der Waals surface area contributed by atoms with E-state index in [-0.39, 0.29) is 19.3 Å². The maximum atomic E-state index is 13.2. The Kier molecular flexibility index (Phi) is 34.8. The third-order valence-electron chi connectivity index (χ3n) is 14.5. The number of unbranched alkanes of at least 4 members (excludes halogenated alkanes) is 5. The first-order chi connectivity index (χ1) is 52.6. The lowest BCUT2D eigenvalue weighted by Gasteiger charge is -2.51. The zero-order valence-corrected chi connectivity index (χ0v) is 66.8. The summed E-state index contributed by atoms with van der Waals surface area (Å²) in [6.07, 6.45) is -68.7. The fraction of sp³-hybridized carbons (Fsp3) is 0.800. The number of hydrogen-bond donors (Lipinski definition) is 13. The van der Waals surface area contributed by atoms with E-state index >= 15 is 0 Å². The van der Waals surface area contributed by atoms with Crippen LogP contribution in [-0.4, -0.2) is 339 Å². The number of aromatic nitrogens is 3. The summed E-state index contributed by atoms with van der Waals surface area (Å²) in [4.78, 5) is 0. The molecule has 13 N–H and O–H groups in total. The van der Waals surface area contributed by atoms with Crippen LogP contribution in [-0.2, 0) is 234 Å². The summed E-state index contributed by atoms with van der Waals surface area (Å²) < 4.78 is 557. The zero-order chi connectivity index (χ0) is 87.8. The van der Waals surface area contributed by atoms with Crippen LogP contribution in [0.25, 0.3) is 11.3 Å². The predicted molar refractivity (Wildman–Crippen MR) is 346 cm³/mol. The van der Waals surface area contributed by atoms with Crippen LogP contribution in [0.15, 0.2) is 36.5 Å². The van der Waals surface area contributed by atoms with Gasteiger partial charge >= 0.3 is 135 Å². The van der Waals surface area contributed by atoms with Crippen molar-refractivity contribution in [1.29, 1.82) is 0 Å². The van der Waals surface area contributed by atoms with Gasteiger partial charge in [0.2, 0.25) is 0 Å². The summed E-state index contributed by atoms with van der Waals surface area (Å²) in [7, 11) is -83.7. The van der Waals surface area contributed by atoms with Crippen molar-refractivity contribution >= 4 is 135 Å². The number of nitrogens with zero attached hydrogens (tertiary/aromatic N) is 3. The molecule has 1 aromatic heterocycles. The van der Waals surface area contributed by atoms with Gasteiger partial charge in [-0.2, -0.15) is 109 Å². The standard InChI is InChI=1S/C40H63N3O60S13/c44-104(45,46)84-15-21-25(95-108(56,57)58)29(93-40-36(103-116(80,81)82)32(100-113(71,72)73)28(98-111(65,66)67)24(91-40)18-87-107(53,54)55)34(101-114(74,75)76)38(89-21)92-30-26(96-109(59,60)61)22(16-85-105(47,48)49)90-39(35(30)102-115(77,78)79)94-33-31(99-112(68,69)70)27(97-110(62,63)64)23(17-86-106(50,51)52)88-37(33)83-13-9-4-2-1-3-8-12-43-14-20(41-42-43)19-10-6-5-7-11-19/h5-7,10-11,14,21-40H,1-4,8-9,12-13,15-18H2,(H,44,45,46)(H,47,48,49)(H,50,51,52)(H,53,54,55)(H,56,57,58)(H,59,60,61)(H,62,63,64)(H,65,66,67)(H,68,69,70)(H,71,72,73)(H,74,75,76)(H,77,78,79)(H,80,81,82)/t21-,22-,23-,24-,25-,26-,27-,28-,29+,30+,31+,32+,33+,34+,35+,36+,37+,38-,39-,40-/m1/s1. The van der Waals surface area contributed by atoms with Crippen molar-refractivity contribution in [1.82, 2.24) is 15.0 Å². The molecule has 76 heteroatoms. The minimum absolute atomic E-state index is 0.0611. The topological polar surface area (TPSA) is 931 Å². The first-order valence-electron chi connectivity index (χ1n) is 30.1. The second kappa shape index (κ2) is 39.9. The van der Waals surface area contributed by atoms with Gasteiger partial charge in [0.05, 0.1) is 32.6 Å². The van der Waals surface area contributed by atoms with Gasteiger partial charge in [0.15, 0.2) is 43.5 Å². The maximum Gasteiger partial charge on any atom is 0.397 e. The number of rotatable bonds is 47. The van der Waals surface area contributed by atoms with Crippen molar-refractivity contribution in [2.45, 2.75) is 168 Å². The average Bonchev–Trinajstić information content (AvgIpc) is 0.786. The molecular formula is C40H63N3O60S13. The zero-order valence-electron chi connectivity index (χ0n) is 56.1. The summed E-state index contributed by atoms with van der Waals surface area (Å²) in [5.41, 5.74) is 1.28. The minimum Gasteiger partial charge on any atom is -0.350 e.